The van der Waals surface area contributed by atoms with Crippen molar-refractivity contribution in [2.24, 2.45) is 5.92 Å². The highest BCUT2D eigenvalue weighted by molar-refractivity contribution is 7.12. The fraction of sp³-hybridized carbons (Fsp3) is 0.333. The van der Waals surface area contributed by atoms with Gasteiger partial charge >= 0.3 is 0 Å². The van der Waals surface area contributed by atoms with E-state index in [0.717, 1.165) is 17.7 Å². The number of amides is 1. The number of hydrogen-bond acceptors (Lipinski definition) is 4. The number of hydrogen-bond donors (Lipinski definition) is 0. The molecule has 110 valence electrons. The predicted octanol–water partition coefficient (Wildman–Crippen LogP) is 3.73. The molecule has 1 fully saturated rings. The van der Waals surface area contributed by atoms with Crippen LogP contribution >= 0.6 is 22.9 Å². The molecule has 6 heteroatoms. The van der Waals surface area contributed by atoms with Crippen LogP contribution < -0.4 is 0 Å². The van der Waals surface area contributed by atoms with Gasteiger partial charge < -0.3 is 9.32 Å². The third-order valence-corrected chi connectivity index (χ3v) is 4.71. The standard InChI is InChI=1S/C15H14ClNO3S/c16-13-6-5-11(20-13)15(19)17-7-1-3-10(9-17)14(18)12-4-2-8-21-12/h2,4-6,8,10H,1,3,7,9H2/t10-/m0/s1. The zero-order valence-corrected chi connectivity index (χ0v) is 12.8. The van der Waals surface area contributed by atoms with Gasteiger partial charge in [0.2, 0.25) is 0 Å². The van der Waals surface area contributed by atoms with Gasteiger partial charge in [0, 0.05) is 19.0 Å². The minimum absolute atomic E-state index is 0.125. The summed E-state index contributed by atoms with van der Waals surface area (Å²) >= 11 is 7.14. The first kappa shape index (κ1) is 14.4. The van der Waals surface area contributed by atoms with Crippen LogP contribution in [0.25, 0.3) is 0 Å². The molecule has 0 bridgehead atoms. The predicted molar refractivity (Wildman–Crippen MR) is 81.0 cm³/mol. The number of nitrogens with zero attached hydrogens (tertiary/aromatic N) is 1. The summed E-state index contributed by atoms with van der Waals surface area (Å²) in [4.78, 5) is 27.2. The van der Waals surface area contributed by atoms with Crippen molar-refractivity contribution in [1.82, 2.24) is 4.90 Å². The monoisotopic (exact) mass is 323 g/mol. The van der Waals surface area contributed by atoms with Crippen molar-refractivity contribution in [2.75, 3.05) is 13.1 Å². The molecule has 3 rings (SSSR count). The van der Waals surface area contributed by atoms with E-state index in [4.69, 9.17) is 16.0 Å². The lowest BCUT2D eigenvalue weighted by Gasteiger charge is -2.31. The molecule has 1 atom stereocenters. The Morgan fingerprint density at radius 1 is 1.33 bits per heavy atom. The van der Waals surface area contributed by atoms with E-state index in [1.807, 2.05) is 17.5 Å². The van der Waals surface area contributed by atoms with Gasteiger partial charge in [-0.15, -0.1) is 11.3 Å². The second-order valence-electron chi connectivity index (χ2n) is 5.04. The van der Waals surface area contributed by atoms with Gasteiger partial charge in [0.05, 0.1) is 4.88 Å². The fourth-order valence-corrected chi connectivity index (χ4v) is 3.47. The van der Waals surface area contributed by atoms with Crippen molar-refractivity contribution in [1.29, 1.82) is 0 Å². The van der Waals surface area contributed by atoms with E-state index in [2.05, 4.69) is 0 Å². The Hall–Kier alpha value is -1.59. The Labute approximate surface area is 131 Å². The van der Waals surface area contributed by atoms with Crippen LogP contribution in [0.1, 0.15) is 33.1 Å². The van der Waals surface area contributed by atoms with E-state index in [0.29, 0.717) is 13.1 Å². The average molecular weight is 324 g/mol. The highest BCUT2D eigenvalue weighted by atomic mass is 35.5. The number of thiophene rings is 1. The molecule has 0 spiro atoms. The van der Waals surface area contributed by atoms with Crippen LogP contribution in [0.2, 0.25) is 5.22 Å². The van der Waals surface area contributed by atoms with E-state index >= 15 is 0 Å². The summed E-state index contributed by atoms with van der Waals surface area (Å²) in [5, 5.41) is 2.09. The number of rotatable bonds is 3. The van der Waals surface area contributed by atoms with Crippen molar-refractivity contribution >= 4 is 34.6 Å². The first-order valence-corrected chi connectivity index (χ1v) is 8.03. The van der Waals surface area contributed by atoms with Crippen LogP contribution in [0.15, 0.2) is 34.1 Å². The van der Waals surface area contributed by atoms with Crippen molar-refractivity contribution in [3.05, 3.63) is 45.5 Å². The molecular formula is C15H14ClNO3S. The Morgan fingerprint density at radius 2 is 2.19 bits per heavy atom. The third-order valence-electron chi connectivity index (χ3n) is 3.63. The summed E-state index contributed by atoms with van der Waals surface area (Å²) in [6.45, 7) is 1.08. The summed E-state index contributed by atoms with van der Waals surface area (Å²) in [5.41, 5.74) is 0. The molecule has 0 N–H and O–H groups in total. The molecule has 0 aliphatic carbocycles. The summed E-state index contributed by atoms with van der Waals surface area (Å²) in [6.07, 6.45) is 1.64. The van der Waals surface area contributed by atoms with Crippen molar-refractivity contribution in [2.45, 2.75) is 12.8 Å². The lowest BCUT2D eigenvalue weighted by atomic mass is 9.93. The van der Waals surface area contributed by atoms with Crippen LogP contribution in [0, 0.1) is 5.92 Å². The quantitative estimate of drug-likeness (QED) is 0.809. The van der Waals surface area contributed by atoms with E-state index in [1.165, 1.54) is 11.3 Å². The van der Waals surface area contributed by atoms with E-state index in [9.17, 15) is 9.59 Å². The van der Waals surface area contributed by atoms with Crippen LogP contribution in [0.4, 0.5) is 0 Å². The summed E-state index contributed by atoms with van der Waals surface area (Å²) in [6, 6.07) is 6.82. The van der Waals surface area contributed by atoms with Crippen molar-refractivity contribution in [3.63, 3.8) is 0 Å². The van der Waals surface area contributed by atoms with Crippen LogP contribution in [-0.4, -0.2) is 29.7 Å². The van der Waals surface area contributed by atoms with Gasteiger partial charge in [0.25, 0.3) is 5.91 Å². The average Bonchev–Trinajstić information content (AvgIpc) is 3.17. The third kappa shape index (κ3) is 3.04. The first-order valence-electron chi connectivity index (χ1n) is 6.77. The molecule has 0 aromatic carbocycles. The van der Waals surface area contributed by atoms with Crippen LogP contribution in [-0.2, 0) is 0 Å². The molecule has 1 aliphatic heterocycles. The van der Waals surface area contributed by atoms with Crippen molar-refractivity contribution in [3.8, 4) is 0 Å². The zero-order chi connectivity index (χ0) is 14.8. The Kier molecular flexibility index (Phi) is 4.12. The molecule has 2 aromatic rings. The second kappa shape index (κ2) is 6.03. The number of ketones is 1. The van der Waals surface area contributed by atoms with Crippen LogP contribution in [0.5, 0.6) is 0 Å². The van der Waals surface area contributed by atoms with E-state index in [-0.39, 0.29) is 28.6 Å². The summed E-state index contributed by atoms with van der Waals surface area (Å²) in [7, 11) is 0. The maximum absolute atomic E-state index is 12.4. The van der Waals surface area contributed by atoms with Gasteiger partial charge in [-0.25, -0.2) is 0 Å². The number of piperidine rings is 1. The lowest BCUT2D eigenvalue weighted by molar-refractivity contribution is 0.0612. The lowest BCUT2D eigenvalue weighted by Crippen LogP contribution is -2.42. The van der Waals surface area contributed by atoms with E-state index < -0.39 is 0 Å². The molecule has 1 aliphatic rings. The number of Topliss-reactive ketones (excluding diaryl/α,β-unsaturated/α-hetero) is 1. The number of carbonyl (C=O) groups excluding carboxylic acids is 2. The number of likely N-dealkylation sites (tertiary alicyclic amines) is 1. The molecule has 21 heavy (non-hydrogen) atoms. The highest BCUT2D eigenvalue weighted by Gasteiger charge is 2.30. The minimum Gasteiger partial charge on any atom is -0.440 e. The maximum atomic E-state index is 12.4. The van der Waals surface area contributed by atoms with Gasteiger partial charge in [-0.2, -0.15) is 0 Å². The summed E-state index contributed by atoms with van der Waals surface area (Å²) < 4.78 is 5.16. The molecule has 0 unspecified atom stereocenters. The Balaban J connectivity index is 1.71. The minimum atomic E-state index is -0.203. The maximum Gasteiger partial charge on any atom is 0.289 e. The number of furan rings is 1. The van der Waals surface area contributed by atoms with Gasteiger partial charge in [-0.1, -0.05) is 6.07 Å². The van der Waals surface area contributed by atoms with E-state index in [1.54, 1.807) is 17.0 Å². The normalized spacial score (nSPS) is 18.7. The zero-order valence-electron chi connectivity index (χ0n) is 11.3. The molecule has 0 radical (unpaired) electrons. The first-order chi connectivity index (χ1) is 10.1. The van der Waals surface area contributed by atoms with Gasteiger partial charge in [0.15, 0.2) is 16.8 Å². The highest BCUT2D eigenvalue weighted by Crippen LogP contribution is 2.25. The van der Waals surface area contributed by atoms with Gasteiger partial charge in [-0.3, -0.25) is 9.59 Å². The molecule has 0 saturated carbocycles. The molecule has 1 amide bonds. The molecule has 4 nitrogen and oxygen atoms in total. The molecule has 2 aromatic heterocycles. The topological polar surface area (TPSA) is 50.5 Å². The smallest absolute Gasteiger partial charge is 0.289 e. The molecule has 3 heterocycles. The Bertz CT molecular complexity index is 650. The van der Waals surface area contributed by atoms with Crippen molar-refractivity contribution < 1.29 is 14.0 Å². The molecular weight excluding hydrogens is 310 g/mol. The largest absolute Gasteiger partial charge is 0.440 e. The fourth-order valence-electron chi connectivity index (χ4n) is 2.58. The van der Waals surface area contributed by atoms with Gasteiger partial charge in [-0.05, 0) is 48.0 Å². The second-order valence-corrected chi connectivity index (χ2v) is 6.36. The SMILES string of the molecule is O=C(c1cccs1)[C@H]1CCCN(C(=O)c2ccc(Cl)o2)C1. The number of carbonyl (C=O) groups is 2. The molecule has 1 saturated heterocycles. The summed E-state index contributed by atoms with van der Waals surface area (Å²) in [5.74, 6) is 0.0153. The number of halogens is 1. The van der Waals surface area contributed by atoms with Gasteiger partial charge in [0.1, 0.15) is 0 Å². The Morgan fingerprint density at radius 3 is 2.86 bits per heavy atom. The van der Waals surface area contributed by atoms with Crippen LogP contribution in [0.3, 0.4) is 0 Å².